The van der Waals surface area contributed by atoms with E-state index in [-0.39, 0.29) is 0 Å². The molecule has 0 saturated heterocycles. The maximum absolute atomic E-state index is 6.03. The lowest BCUT2D eigenvalue weighted by atomic mass is 10.1. The normalized spacial score (nSPS) is 10.7. The first-order valence-electron chi connectivity index (χ1n) is 7.44. The van der Waals surface area contributed by atoms with Crippen LogP contribution in [0.15, 0.2) is 30.6 Å². The largest absolute Gasteiger partial charge is 0.493 e. The Labute approximate surface area is 140 Å². The highest BCUT2D eigenvalue weighted by Gasteiger charge is 2.13. The Morgan fingerprint density at radius 2 is 1.54 bits per heavy atom. The van der Waals surface area contributed by atoms with Crippen LogP contribution in [0.3, 0.4) is 0 Å². The van der Waals surface area contributed by atoms with Crippen molar-refractivity contribution in [2.24, 2.45) is 0 Å². The lowest BCUT2D eigenvalue weighted by Gasteiger charge is -2.13. The molecule has 0 bridgehead atoms. The van der Waals surface area contributed by atoms with Gasteiger partial charge in [0.2, 0.25) is 5.88 Å². The smallest absolute Gasteiger partial charge is 0.230 e. The maximum Gasteiger partial charge on any atom is 0.230 e. The minimum Gasteiger partial charge on any atom is -0.493 e. The Morgan fingerprint density at radius 3 is 2.25 bits per heavy atom. The zero-order valence-corrected chi connectivity index (χ0v) is 14.1. The summed E-state index contributed by atoms with van der Waals surface area (Å²) in [6.07, 6.45) is 1.46. The zero-order valence-electron chi connectivity index (χ0n) is 14.1. The number of rotatable bonds is 4. The third-order valence-electron chi connectivity index (χ3n) is 3.87. The number of aryl methyl sites for hydroxylation is 2. The van der Waals surface area contributed by atoms with Gasteiger partial charge in [-0.1, -0.05) is 0 Å². The molecule has 0 amide bonds. The van der Waals surface area contributed by atoms with Crippen molar-refractivity contribution in [1.82, 2.24) is 9.97 Å². The monoisotopic (exact) mass is 325 g/mol. The molecule has 0 aliphatic rings. The van der Waals surface area contributed by atoms with Gasteiger partial charge in [-0.15, -0.1) is 0 Å². The molecule has 0 saturated carbocycles. The molecule has 0 spiro atoms. The molecule has 2 aromatic carbocycles. The molecule has 3 rings (SSSR count). The van der Waals surface area contributed by atoms with Crippen LogP contribution in [0.2, 0.25) is 0 Å². The molecule has 0 fully saturated rings. The molecule has 6 nitrogen and oxygen atoms in total. The van der Waals surface area contributed by atoms with Crippen LogP contribution in [0.5, 0.6) is 23.1 Å². The Morgan fingerprint density at radius 1 is 0.833 bits per heavy atom. The first-order valence-corrected chi connectivity index (χ1v) is 7.44. The van der Waals surface area contributed by atoms with E-state index in [1.54, 1.807) is 20.3 Å². The molecule has 2 N–H and O–H groups in total. The van der Waals surface area contributed by atoms with Crippen LogP contribution in [-0.2, 0) is 0 Å². The number of ether oxygens (including phenoxy) is 3. The van der Waals surface area contributed by atoms with Gasteiger partial charge in [0.15, 0.2) is 11.5 Å². The second kappa shape index (κ2) is 6.23. The molecule has 0 radical (unpaired) electrons. The molecule has 24 heavy (non-hydrogen) atoms. The summed E-state index contributed by atoms with van der Waals surface area (Å²) in [4.78, 5) is 8.54. The molecule has 0 unspecified atom stereocenters. The third-order valence-corrected chi connectivity index (χ3v) is 3.87. The van der Waals surface area contributed by atoms with Gasteiger partial charge in [-0.2, -0.15) is 0 Å². The van der Waals surface area contributed by atoms with Gasteiger partial charge in [-0.3, -0.25) is 0 Å². The van der Waals surface area contributed by atoms with Crippen molar-refractivity contribution in [2.75, 3.05) is 20.0 Å². The predicted molar refractivity (Wildman–Crippen MR) is 93.0 cm³/mol. The highest BCUT2D eigenvalue weighted by atomic mass is 16.5. The number of hydrogen-bond donors (Lipinski definition) is 1. The summed E-state index contributed by atoms with van der Waals surface area (Å²) in [5.41, 5.74) is 9.26. The predicted octanol–water partition coefficient (Wildman–Crippen LogP) is 3.64. The van der Waals surface area contributed by atoms with E-state index in [2.05, 4.69) is 9.97 Å². The number of hydrogen-bond acceptors (Lipinski definition) is 6. The quantitative estimate of drug-likeness (QED) is 0.738. The number of nitrogens with zero attached hydrogens (tertiary/aromatic N) is 2. The van der Waals surface area contributed by atoms with E-state index in [0.29, 0.717) is 28.6 Å². The van der Waals surface area contributed by atoms with E-state index in [0.717, 1.165) is 22.2 Å². The number of methoxy groups -OCH3 is 2. The second-order valence-corrected chi connectivity index (χ2v) is 5.48. The van der Waals surface area contributed by atoms with E-state index >= 15 is 0 Å². The van der Waals surface area contributed by atoms with Crippen LogP contribution in [0, 0.1) is 13.8 Å². The van der Waals surface area contributed by atoms with E-state index in [4.69, 9.17) is 19.9 Å². The molecular formula is C18H19N3O3. The van der Waals surface area contributed by atoms with Crippen molar-refractivity contribution in [3.8, 4) is 23.1 Å². The zero-order chi connectivity index (χ0) is 17.3. The van der Waals surface area contributed by atoms with Crippen LogP contribution < -0.4 is 19.9 Å². The van der Waals surface area contributed by atoms with E-state index in [1.807, 2.05) is 32.0 Å². The number of aromatic nitrogens is 2. The van der Waals surface area contributed by atoms with Crippen molar-refractivity contribution < 1.29 is 14.2 Å². The maximum atomic E-state index is 6.03. The van der Waals surface area contributed by atoms with Crippen molar-refractivity contribution in [2.45, 2.75) is 13.8 Å². The van der Waals surface area contributed by atoms with Gasteiger partial charge in [-0.25, -0.2) is 9.97 Å². The first-order chi connectivity index (χ1) is 11.5. The van der Waals surface area contributed by atoms with Crippen LogP contribution in [-0.4, -0.2) is 24.2 Å². The summed E-state index contributed by atoms with van der Waals surface area (Å²) < 4.78 is 16.7. The van der Waals surface area contributed by atoms with Crippen molar-refractivity contribution >= 4 is 16.6 Å². The molecule has 3 aromatic rings. The highest BCUT2D eigenvalue weighted by Crippen LogP contribution is 2.36. The van der Waals surface area contributed by atoms with Crippen molar-refractivity contribution in [3.63, 3.8) is 0 Å². The Hall–Kier alpha value is -3.02. The molecule has 1 heterocycles. The number of nitrogens with two attached hydrogens (primary N) is 1. The molecule has 6 heteroatoms. The average Bonchev–Trinajstić information content (AvgIpc) is 2.58. The van der Waals surface area contributed by atoms with Gasteiger partial charge in [0, 0.05) is 11.8 Å². The Bertz CT molecular complexity index is 910. The summed E-state index contributed by atoms with van der Waals surface area (Å²) in [6.45, 7) is 3.88. The van der Waals surface area contributed by atoms with Gasteiger partial charge in [0.25, 0.3) is 0 Å². The summed E-state index contributed by atoms with van der Waals surface area (Å²) in [5, 5.41) is 0.740. The lowest BCUT2D eigenvalue weighted by molar-refractivity contribution is 0.355. The number of nitrogen functional groups attached to an aromatic ring is 1. The first kappa shape index (κ1) is 15.9. The number of fused-ring (bicyclic) bond motifs is 1. The summed E-state index contributed by atoms with van der Waals surface area (Å²) >= 11 is 0. The van der Waals surface area contributed by atoms with Gasteiger partial charge in [0.05, 0.1) is 25.1 Å². The summed E-state index contributed by atoms with van der Waals surface area (Å²) in [5.74, 6) is 2.36. The topological polar surface area (TPSA) is 79.5 Å². The van der Waals surface area contributed by atoms with E-state index < -0.39 is 0 Å². The third kappa shape index (κ3) is 2.78. The summed E-state index contributed by atoms with van der Waals surface area (Å²) in [6, 6.07) is 7.39. The van der Waals surface area contributed by atoms with Crippen molar-refractivity contribution in [3.05, 3.63) is 41.7 Å². The van der Waals surface area contributed by atoms with Crippen LogP contribution in [0.25, 0.3) is 10.9 Å². The SMILES string of the molecule is COc1cc2ncnc(Oc3cc(C)c(N)cc3C)c2cc1OC. The highest BCUT2D eigenvalue weighted by molar-refractivity contribution is 5.87. The summed E-state index contributed by atoms with van der Waals surface area (Å²) in [7, 11) is 3.17. The minimum absolute atomic E-state index is 0.452. The molecule has 0 aliphatic heterocycles. The van der Waals surface area contributed by atoms with Crippen LogP contribution in [0.4, 0.5) is 5.69 Å². The Kier molecular flexibility index (Phi) is 4.12. The van der Waals surface area contributed by atoms with Gasteiger partial charge in [-0.05, 0) is 43.2 Å². The molecule has 124 valence electrons. The van der Waals surface area contributed by atoms with Crippen LogP contribution >= 0.6 is 0 Å². The van der Waals surface area contributed by atoms with Gasteiger partial charge >= 0.3 is 0 Å². The van der Waals surface area contributed by atoms with Crippen molar-refractivity contribution in [1.29, 1.82) is 0 Å². The fourth-order valence-corrected chi connectivity index (χ4v) is 2.47. The van der Waals surface area contributed by atoms with Gasteiger partial charge in [0.1, 0.15) is 12.1 Å². The van der Waals surface area contributed by atoms with Crippen LogP contribution in [0.1, 0.15) is 11.1 Å². The molecule has 1 aromatic heterocycles. The minimum atomic E-state index is 0.452. The van der Waals surface area contributed by atoms with E-state index in [1.165, 1.54) is 6.33 Å². The standard InChI is InChI=1S/C18H19N3O3/c1-10-6-15(11(2)5-13(10)19)24-18-12-7-16(22-3)17(23-4)8-14(12)20-9-21-18/h5-9H,19H2,1-4H3. The molecule has 0 atom stereocenters. The lowest BCUT2D eigenvalue weighted by Crippen LogP contribution is -1.97. The number of anilines is 1. The number of benzene rings is 2. The second-order valence-electron chi connectivity index (χ2n) is 5.48. The Balaban J connectivity index is 2.11. The van der Waals surface area contributed by atoms with Gasteiger partial charge < -0.3 is 19.9 Å². The molecular weight excluding hydrogens is 306 g/mol. The molecule has 0 aliphatic carbocycles. The fourth-order valence-electron chi connectivity index (χ4n) is 2.47. The average molecular weight is 325 g/mol. The van der Waals surface area contributed by atoms with E-state index in [9.17, 15) is 0 Å². The fraction of sp³-hybridized carbons (Fsp3) is 0.222.